The topological polar surface area (TPSA) is 44.8 Å². The van der Waals surface area contributed by atoms with Gasteiger partial charge in [0.15, 0.2) is 0 Å². The number of likely N-dealkylation sites (tertiary alicyclic amines) is 1. The van der Waals surface area contributed by atoms with Crippen LogP contribution in [0.1, 0.15) is 41.0 Å². The van der Waals surface area contributed by atoms with Crippen LogP contribution in [0.5, 0.6) is 0 Å². The SMILES string of the molecule is CCC(C)N(C)CCNC1CN(C(=O)OC(C)(C)C)C1. The summed E-state index contributed by atoms with van der Waals surface area (Å²) < 4.78 is 5.33. The molecule has 1 atom stereocenters. The van der Waals surface area contributed by atoms with E-state index in [9.17, 15) is 4.79 Å². The first-order valence-corrected chi connectivity index (χ1v) is 7.64. The number of hydrogen-bond acceptors (Lipinski definition) is 4. The summed E-state index contributed by atoms with van der Waals surface area (Å²) in [6, 6.07) is 1.03. The Morgan fingerprint density at radius 3 is 2.55 bits per heavy atom. The standard InChI is InChI=1S/C15H31N3O2/c1-7-12(2)17(6)9-8-16-13-10-18(11-13)14(19)20-15(3,4)5/h12-13,16H,7-11H2,1-6H3. The van der Waals surface area contributed by atoms with Crippen LogP contribution in [0.2, 0.25) is 0 Å². The summed E-state index contributed by atoms with van der Waals surface area (Å²) >= 11 is 0. The minimum atomic E-state index is -0.408. The number of nitrogens with zero attached hydrogens (tertiary/aromatic N) is 2. The van der Waals surface area contributed by atoms with Crippen LogP contribution in [-0.4, -0.2) is 66.8 Å². The minimum Gasteiger partial charge on any atom is -0.444 e. The van der Waals surface area contributed by atoms with E-state index < -0.39 is 5.60 Å². The molecule has 5 nitrogen and oxygen atoms in total. The molecule has 1 N–H and O–H groups in total. The van der Waals surface area contributed by atoms with Crippen LogP contribution in [0.3, 0.4) is 0 Å². The molecule has 1 unspecified atom stereocenters. The molecule has 5 heteroatoms. The van der Waals surface area contributed by atoms with E-state index in [1.165, 1.54) is 6.42 Å². The Kier molecular flexibility index (Phi) is 6.27. The molecule has 1 fully saturated rings. The van der Waals surface area contributed by atoms with Crippen LogP contribution in [0.15, 0.2) is 0 Å². The number of carbonyl (C=O) groups excluding carboxylic acids is 1. The van der Waals surface area contributed by atoms with Crippen LogP contribution in [0.25, 0.3) is 0 Å². The van der Waals surface area contributed by atoms with Crippen molar-refractivity contribution in [1.29, 1.82) is 0 Å². The van der Waals surface area contributed by atoms with E-state index in [1.807, 2.05) is 20.8 Å². The van der Waals surface area contributed by atoms with Crippen LogP contribution in [-0.2, 0) is 4.74 Å². The number of ether oxygens (including phenoxy) is 1. The molecule has 1 heterocycles. The highest BCUT2D eigenvalue weighted by Crippen LogP contribution is 2.15. The number of rotatable bonds is 6. The molecule has 1 saturated heterocycles. The molecule has 1 rings (SSSR count). The van der Waals surface area contributed by atoms with Crippen molar-refractivity contribution in [3.8, 4) is 0 Å². The quantitative estimate of drug-likeness (QED) is 0.810. The summed E-state index contributed by atoms with van der Waals surface area (Å²) in [7, 11) is 2.16. The van der Waals surface area contributed by atoms with Gasteiger partial charge in [-0.1, -0.05) is 6.92 Å². The first-order chi connectivity index (χ1) is 9.23. The van der Waals surface area contributed by atoms with Crippen LogP contribution < -0.4 is 5.32 Å². The highest BCUT2D eigenvalue weighted by atomic mass is 16.6. The lowest BCUT2D eigenvalue weighted by Gasteiger charge is -2.40. The Labute approximate surface area is 123 Å². The lowest BCUT2D eigenvalue weighted by Crippen LogP contribution is -2.61. The average Bonchev–Trinajstić information content (AvgIpc) is 2.27. The smallest absolute Gasteiger partial charge is 0.410 e. The minimum absolute atomic E-state index is 0.202. The molecular weight excluding hydrogens is 254 g/mol. The van der Waals surface area contributed by atoms with Gasteiger partial charge in [-0.3, -0.25) is 0 Å². The zero-order valence-corrected chi connectivity index (χ0v) is 13.9. The first kappa shape index (κ1) is 17.2. The Morgan fingerprint density at radius 2 is 2.05 bits per heavy atom. The molecule has 118 valence electrons. The molecule has 1 aliphatic rings. The maximum absolute atomic E-state index is 11.8. The summed E-state index contributed by atoms with van der Waals surface area (Å²) in [5.74, 6) is 0. The van der Waals surface area contributed by atoms with Gasteiger partial charge in [0, 0.05) is 38.3 Å². The second kappa shape index (κ2) is 7.27. The monoisotopic (exact) mass is 285 g/mol. The Hall–Kier alpha value is -0.810. The molecule has 0 bridgehead atoms. The van der Waals surface area contributed by atoms with Gasteiger partial charge in [0.25, 0.3) is 0 Å². The zero-order valence-electron chi connectivity index (χ0n) is 13.9. The molecule has 0 aromatic heterocycles. The molecule has 0 aromatic carbocycles. The number of carbonyl (C=O) groups is 1. The lowest BCUT2D eigenvalue weighted by atomic mass is 10.1. The maximum atomic E-state index is 11.8. The molecule has 0 aliphatic carbocycles. The summed E-state index contributed by atoms with van der Waals surface area (Å²) in [5.41, 5.74) is -0.408. The van der Waals surface area contributed by atoms with Gasteiger partial charge in [-0.15, -0.1) is 0 Å². The predicted octanol–water partition coefficient (Wildman–Crippen LogP) is 1.93. The highest BCUT2D eigenvalue weighted by Gasteiger charge is 2.33. The lowest BCUT2D eigenvalue weighted by molar-refractivity contribution is 0.00516. The summed E-state index contributed by atoms with van der Waals surface area (Å²) in [6.45, 7) is 13.6. The van der Waals surface area contributed by atoms with E-state index in [2.05, 4.69) is 31.1 Å². The Morgan fingerprint density at radius 1 is 1.45 bits per heavy atom. The van der Waals surface area contributed by atoms with Crippen molar-refractivity contribution >= 4 is 6.09 Å². The van der Waals surface area contributed by atoms with Gasteiger partial charge in [-0.2, -0.15) is 0 Å². The summed E-state index contributed by atoms with van der Waals surface area (Å²) in [6.07, 6.45) is 0.971. The largest absolute Gasteiger partial charge is 0.444 e. The third-order valence-corrected chi connectivity index (χ3v) is 3.77. The number of nitrogens with one attached hydrogen (secondary N) is 1. The Balaban J connectivity index is 2.12. The van der Waals surface area contributed by atoms with Crippen LogP contribution in [0, 0.1) is 0 Å². The van der Waals surface area contributed by atoms with Gasteiger partial charge in [-0.05, 0) is 41.2 Å². The fourth-order valence-corrected chi connectivity index (χ4v) is 2.06. The number of likely N-dealkylation sites (N-methyl/N-ethyl adjacent to an activating group) is 1. The van der Waals surface area contributed by atoms with E-state index in [4.69, 9.17) is 4.74 Å². The van der Waals surface area contributed by atoms with E-state index in [0.29, 0.717) is 12.1 Å². The van der Waals surface area contributed by atoms with Crippen molar-refractivity contribution in [2.45, 2.75) is 58.7 Å². The van der Waals surface area contributed by atoms with Crippen molar-refractivity contribution < 1.29 is 9.53 Å². The zero-order chi connectivity index (χ0) is 15.3. The maximum Gasteiger partial charge on any atom is 0.410 e. The highest BCUT2D eigenvalue weighted by molar-refractivity contribution is 5.69. The third-order valence-electron chi connectivity index (χ3n) is 3.77. The molecule has 1 amide bonds. The van der Waals surface area contributed by atoms with Gasteiger partial charge in [0.1, 0.15) is 5.60 Å². The van der Waals surface area contributed by atoms with Crippen molar-refractivity contribution in [3.05, 3.63) is 0 Å². The molecule has 0 radical (unpaired) electrons. The van der Waals surface area contributed by atoms with Gasteiger partial charge in [0.2, 0.25) is 0 Å². The van der Waals surface area contributed by atoms with Gasteiger partial charge in [-0.25, -0.2) is 4.79 Å². The van der Waals surface area contributed by atoms with E-state index in [0.717, 1.165) is 26.2 Å². The van der Waals surface area contributed by atoms with E-state index in [1.54, 1.807) is 4.90 Å². The number of hydrogen-bond donors (Lipinski definition) is 1. The first-order valence-electron chi connectivity index (χ1n) is 7.64. The predicted molar refractivity (Wildman–Crippen MR) is 82.0 cm³/mol. The molecular formula is C15H31N3O2. The molecule has 20 heavy (non-hydrogen) atoms. The van der Waals surface area contributed by atoms with Gasteiger partial charge in [0.05, 0.1) is 0 Å². The fraction of sp³-hybridized carbons (Fsp3) is 0.933. The summed E-state index contributed by atoms with van der Waals surface area (Å²) in [4.78, 5) is 15.9. The second-order valence-electron chi connectivity index (χ2n) is 6.77. The van der Waals surface area contributed by atoms with Crippen molar-refractivity contribution in [2.75, 3.05) is 33.2 Å². The molecule has 0 spiro atoms. The fourth-order valence-electron chi connectivity index (χ4n) is 2.06. The van der Waals surface area contributed by atoms with Crippen molar-refractivity contribution in [2.24, 2.45) is 0 Å². The van der Waals surface area contributed by atoms with E-state index >= 15 is 0 Å². The van der Waals surface area contributed by atoms with Crippen molar-refractivity contribution in [1.82, 2.24) is 15.1 Å². The summed E-state index contributed by atoms with van der Waals surface area (Å²) in [5, 5.41) is 3.49. The van der Waals surface area contributed by atoms with Gasteiger partial charge >= 0.3 is 6.09 Å². The van der Waals surface area contributed by atoms with E-state index in [-0.39, 0.29) is 6.09 Å². The normalized spacial score (nSPS) is 18.1. The molecule has 0 saturated carbocycles. The molecule has 0 aromatic rings. The van der Waals surface area contributed by atoms with Gasteiger partial charge < -0.3 is 19.9 Å². The Bertz CT molecular complexity index is 309. The molecule has 1 aliphatic heterocycles. The third kappa shape index (κ3) is 5.67. The second-order valence-corrected chi connectivity index (χ2v) is 6.77. The average molecular weight is 285 g/mol. The van der Waals surface area contributed by atoms with Crippen LogP contribution in [0.4, 0.5) is 4.79 Å². The van der Waals surface area contributed by atoms with Crippen LogP contribution >= 0.6 is 0 Å². The van der Waals surface area contributed by atoms with Crippen molar-refractivity contribution in [3.63, 3.8) is 0 Å². The number of amides is 1.